The summed E-state index contributed by atoms with van der Waals surface area (Å²) in [4.78, 5) is 25.7. The first-order valence-corrected chi connectivity index (χ1v) is 9.30. The Morgan fingerprint density at radius 2 is 2.04 bits per heavy atom. The summed E-state index contributed by atoms with van der Waals surface area (Å²) in [7, 11) is 2.15. The molecule has 0 bridgehead atoms. The molecule has 2 aromatic heterocycles. The third-order valence-corrected chi connectivity index (χ3v) is 4.67. The van der Waals surface area contributed by atoms with E-state index in [1.54, 1.807) is 12.4 Å². The van der Waals surface area contributed by atoms with Crippen LogP contribution in [0.5, 0.6) is 0 Å². The van der Waals surface area contributed by atoms with Crippen molar-refractivity contribution in [2.75, 3.05) is 44.7 Å². The van der Waals surface area contributed by atoms with Crippen LogP contribution in [-0.4, -0.2) is 60.5 Å². The molecule has 138 valence electrons. The number of aryl methyl sites for hydroxylation is 1. The minimum absolute atomic E-state index is 0.0688. The Hall–Kier alpha value is -2.47. The standard InChI is InChI=1S/C20H27N5O/c1-24-12-5-13-25(15-14-24)19-9-8-17(16-23-19)20(26)22-11-4-7-18-6-2-3-10-21-18/h2-3,6,8-10,16H,4-5,7,11-15H2,1H3,(H,22,26). The molecule has 3 heterocycles. The highest BCUT2D eigenvalue weighted by molar-refractivity contribution is 5.94. The van der Waals surface area contributed by atoms with Crippen molar-refractivity contribution < 1.29 is 4.79 Å². The van der Waals surface area contributed by atoms with E-state index < -0.39 is 0 Å². The number of anilines is 1. The predicted molar refractivity (Wildman–Crippen MR) is 103 cm³/mol. The van der Waals surface area contributed by atoms with Crippen molar-refractivity contribution in [3.63, 3.8) is 0 Å². The molecule has 0 radical (unpaired) electrons. The number of likely N-dealkylation sites (N-methyl/N-ethyl adjacent to an activating group) is 1. The van der Waals surface area contributed by atoms with Crippen LogP contribution in [0.25, 0.3) is 0 Å². The highest BCUT2D eigenvalue weighted by Crippen LogP contribution is 2.14. The van der Waals surface area contributed by atoms with E-state index in [2.05, 4.69) is 32.1 Å². The maximum atomic E-state index is 12.3. The van der Waals surface area contributed by atoms with Gasteiger partial charge in [0.05, 0.1) is 5.56 Å². The molecule has 0 aromatic carbocycles. The fourth-order valence-electron chi connectivity index (χ4n) is 3.10. The van der Waals surface area contributed by atoms with E-state index in [1.807, 2.05) is 30.3 Å². The minimum Gasteiger partial charge on any atom is -0.355 e. The summed E-state index contributed by atoms with van der Waals surface area (Å²) in [5.41, 5.74) is 1.66. The molecule has 1 N–H and O–H groups in total. The van der Waals surface area contributed by atoms with Crippen LogP contribution in [-0.2, 0) is 6.42 Å². The number of nitrogens with zero attached hydrogens (tertiary/aromatic N) is 4. The number of hydrogen-bond acceptors (Lipinski definition) is 5. The molecule has 1 amide bonds. The van der Waals surface area contributed by atoms with Gasteiger partial charge in [-0.05, 0) is 57.1 Å². The average molecular weight is 353 g/mol. The van der Waals surface area contributed by atoms with E-state index in [4.69, 9.17) is 0 Å². The highest BCUT2D eigenvalue weighted by Gasteiger charge is 2.14. The van der Waals surface area contributed by atoms with Gasteiger partial charge in [-0.1, -0.05) is 6.07 Å². The normalized spacial score (nSPS) is 15.5. The quantitative estimate of drug-likeness (QED) is 0.805. The van der Waals surface area contributed by atoms with E-state index in [-0.39, 0.29) is 5.91 Å². The van der Waals surface area contributed by atoms with Gasteiger partial charge < -0.3 is 15.1 Å². The second-order valence-corrected chi connectivity index (χ2v) is 6.73. The van der Waals surface area contributed by atoms with Crippen LogP contribution in [0.1, 0.15) is 28.9 Å². The van der Waals surface area contributed by atoms with Crippen molar-refractivity contribution >= 4 is 11.7 Å². The Labute approximate surface area is 155 Å². The van der Waals surface area contributed by atoms with Crippen molar-refractivity contribution in [3.8, 4) is 0 Å². The molecule has 3 rings (SSSR count). The number of carbonyl (C=O) groups is 1. The Bertz CT molecular complexity index is 689. The molecule has 1 fully saturated rings. The first kappa shape index (κ1) is 18.3. The Morgan fingerprint density at radius 3 is 2.81 bits per heavy atom. The number of aromatic nitrogens is 2. The molecule has 6 nitrogen and oxygen atoms in total. The van der Waals surface area contributed by atoms with Gasteiger partial charge in [-0.3, -0.25) is 9.78 Å². The van der Waals surface area contributed by atoms with Gasteiger partial charge in [0, 0.05) is 44.3 Å². The molecule has 1 aliphatic rings. The fourth-order valence-corrected chi connectivity index (χ4v) is 3.10. The predicted octanol–water partition coefficient (Wildman–Crippen LogP) is 1.98. The smallest absolute Gasteiger partial charge is 0.252 e. The van der Waals surface area contributed by atoms with Gasteiger partial charge in [0.1, 0.15) is 5.82 Å². The van der Waals surface area contributed by atoms with E-state index in [1.165, 1.54) is 0 Å². The Kier molecular flexibility index (Phi) is 6.55. The van der Waals surface area contributed by atoms with Gasteiger partial charge in [-0.2, -0.15) is 0 Å². The van der Waals surface area contributed by atoms with Gasteiger partial charge in [-0.15, -0.1) is 0 Å². The summed E-state index contributed by atoms with van der Waals surface area (Å²) in [5, 5.41) is 2.96. The first-order chi connectivity index (χ1) is 12.7. The van der Waals surface area contributed by atoms with Crippen LogP contribution in [0.3, 0.4) is 0 Å². The van der Waals surface area contributed by atoms with Crippen molar-refractivity contribution in [1.82, 2.24) is 20.2 Å². The van der Waals surface area contributed by atoms with Crippen molar-refractivity contribution in [2.45, 2.75) is 19.3 Å². The maximum Gasteiger partial charge on any atom is 0.252 e. The second-order valence-electron chi connectivity index (χ2n) is 6.73. The topological polar surface area (TPSA) is 61.4 Å². The molecule has 2 aromatic rings. The summed E-state index contributed by atoms with van der Waals surface area (Å²) in [6, 6.07) is 9.71. The van der Waals surface area contributed by atoms with Crippen molar-refractivity contribution in [2.24, 2.45) is 0 Å². The van der Waals surface area contributed by atoms with Crippen molar-refractivity contribution in [3.05, 3.63) is 54.0 Å². The van der Waals surface area contributed by atoms with E-state index in [0.717, 1.165) is 57.0 Å². The number of hydrogen-bond donors (Lipinski definition) is 1. The molecule has 0 atom stereocenters. The van der Waals surface area contributed by atoms with Crippen LogP contribution in [0.15, 0.2) is 42.7 Å². The van der Waals surface area contributed by atoms with E-state index in [9.17, 15) is 4.79 Å². The van der Waals surface area contributed by atoms with Crippen LogP contribution >= 0.6 is 0 Å². The zero-order valence-corrected chi connectivity index (χ0v) is 15.4. The molecule has 0 aliphatic carbocycles. The maximum absolute atomic E-state index is 12.3. The summed E-state index contributed by atoms with van der Waals surface area (Å²) >= 11 is 0. The third kappa shape index (κ3) is 5.26. The number of nitrogens with one attached hydrogen (secondary N) is 1. The highest BCUT2D eigenvalue weighted by atomic mass is 16.1. The summed E-state index contributed by atoms with van der Waals surface area (Å²) in [6.45, 7) is 4.78. The zero-order valence-electron chi connectivity index (χ0n) is 15.4. The van der Waals surface area contributed by atoms with Gasteiger partial charge in [0.15, 0.2) is 0 Å². The molecule has 1 saturated heterocycles. The lowest BCUT2D eigenvalue weighted by Gasteiger charge is -2.21. The number of amides is 1. The molecular weight excluding hydrogens is 326 g/mol. The monoisotopic (exact) mass is 353 g/mol. The molecule has 0 unspecified atom stereocenters. The van der Waals surface area contributed by atoms with Gasteiger partial charge in [0.2, 0.25) is 0 Å². The van der Waals surface area contributed by atoms with Crippen LogP contribution in [0, 0.1) is 0 Å². The van der Waals surface area contributed by atoms with Gasteiger partial charge in [-0.25, -0.2) is 4.98 Å². The molecule has 1 aliphatic heterocycles. The molecule has 26 heavy (non-hydrogen) atoms. The molecular formula is C20H27N5O. The van der Waals surface area contributed by atoms with Crippen molar-refractivity contribution in [1.29, 1.82) is 0 Å². The lowest BCUT2D eigenvalue weighted by molar-refractivity contribution is 0.0953. The third-order valence-electron chi connectivity index (χ3n) is 4.67. The van der Waals surface area contributed by atoms with Gasteiger partial charge >= 0.3 is 0 Å². The lowest BCUT2D eigenvalue weighted by Crippen LogP contribution is -2.29. The SMILES string of the molecule is CN1CCCN(c2ccc(C(=O)NCCCc3ccccn3)cn2)CC1. The molecule has 0 saturated carbocycles. The average Bonchev–Trinajstić information content (AvgIpc) is 2.90. The Balaban J connectivity index is 1.46. The minimum atomic E-state index is -0.0688. The second kappa shape index (κ2) is 9.29. The molecule has 0 spiro atoms. The van der Waals surface area contributed by atoms with E-state index >= 15 is 0 Å². The summed E-state index contributed by atoms with van der Waals surface area (Å²) in [5.74, 6) is 0.882. The lowest BCUT2D eigenvalue weighted by atomic mass is 10.2. The summed E-state index contributed by atoms with van der Waals surface area (Å²) < 4.78 is 0. The summed E-state index contributed by atoms with van der Waals surface area (Å²) in [6.07, 6.45) is 6.34. The molecule has 6 heteroatoms. The first-order valence-electron chi connectivity index (χ1n) is 9.30. The fraction of sp³-hybridized carbons (Fsp3) is 0.450. The van der Waals surface area contributed by atoms with Gasteiger partial charge in [0.25, 0.3) is 5.91 Å². The number of pyridine rings is 2. The van der Waals surface area contributed by atoms with Crippen LogP contribution in [0.2, 0.25) is 0 Å². The van der Waals surface area contributed by atoms with Crippen LogP contribution < -0.4 is 10.2 Å². The Morgan fingerprint density at radius 1 is 1.12 bits per heavy atom. The van der Waals surface area contributed by atoms with Crippen LogP contribution in [0.4, 0.5) is 5.82 Å². The number of rotatable bonds is 6. The largest absolute Gasteiger partial charge is 0.355 e. The zero-order chi connectivity index (χ0) is 18.2. The van der Waals surface area contributed by atoms with E-state index in [0.29, 0.717) is 12.1 Å². The number of carbonyl (C=O) groups excluding carboxylic acids is 1.